The Kier molecular flexibility index (Phi) is 6.79. The highest BCUT2D eigenvalue weighted by Crippen LogP contribution is 2.21. The summed E-state index contributed by atoms with van der Waals surface area (Å²) in [6.07, 6.45) is 3.74. The summed E-state index contributed by atoms with van der Waals surface area (Å²) in [5, 5.41) is 21.4. The van der Waals surface area contributed by atoms with Crippen LogP contribution in [0.5, 0.6) is 0 Å². The molecule has 0 spiro atoms. The molecule has 9 heteroatoms. The molecule has 140 valence electrons. The largest absolute Gasteiger partial charge is 0.483 e. The summed E-state index contributed by atoms with van der Waals surface area (Å²) in [7, 11) is 0. The summed E-state index contributed by atoms with van der Waals surface area (Å²) in [5.74, 6) is 1.41. The second-order valence-corrected chi connectivity index (χ2v) is 6.16. The zero-order valence-corrected chi connectivity index (χ0v) is 14.8. The minimum atomic E-state index is -0.495. The third-order valence-electron chi connectivity index (χ3n) is 4.25. The molecule has 0 saturated carbocycles. The van der Waals surface area contributed by atoms with E-state index in [2.05, 4.69) is 15.1 Å². The molecule has 0 aliphatic carbocycles. The van der Waals surface area contributed by atoms with Gasteiger partial charge in [-0.2, -0.15) is 5.10 Å². The summed E-state index contributed by atoms with van der Waals surface area (Å²) in [4.78, 5) is 30.7. The van der Waals surface area contributed by atoms with Crippen LogP contribution in [0.15, 0.2) is 24.5 Å². The molecule has 2 atom stereocenters. The first kappa shape index (κ1) is 19.5. The summed E-state index contributed by atoms with van der Waals surface area (Å²) >= 11 is 0. The van der Waals surface area contributed by atoms with Gasteiger partial charge in [0.25, 0.3) is 6.47 Å². The van der Waals surface area contributed by atoms with Gasteiger partial charge in [0.05, 0.1) is 6.10 Å². The molecule has 26 heavy (non-hydrogen) atoms. The minimum absolute atomic E-state index is 0.0331. The fraction of sp³-hybridized carbons (Fsp3) is 0.471. The van der Waals surface area contributed by atoms with Crippen molar-refractivity contribution in [2.24, 2.45) is 5.92 Å². The van der Waals surface area contributed by atoms with E-state index in [-0.39, 0.29) is 24.8 Å². The Balaban J connectivity index is 0.000000758. The van der Waals surface area contributed by atoms with E-state index in [1.807, 2.05) is 19.1 Å². The first-order chi connectivity index (χ1) is 12.4. The van der Waals surface area contributed by atoms with Gasteiger partial charge in [-0.3, -0.25) is 14.6 Å². The van der Waals surface area contributed by atoms with E-state index in [4.69, 9.17) is 9.90 Å². The van der Waals surface area contributed by atoms with Crippen LogP contribution in [-0.2, 0) is 22.6 Å². The van der Waals surface area contributed by atoms with Crippen molar-refractivity contribution < 1.29 is 19.8 Å². The zero-order chi connectivity index (χ0) is 19.1. The third kappa shape index (κ3) is 5.09. The molecule has 1 aliphatic heterocycles. The second kappa shape index (κ2) is 9.04. The number of carbonyl (C=O) groups excluding carboxylic acids is 1. The molecule has 0 bridgehead atoms. The number of β-amino-alcohol motifs (C(OH)–C–C–N with tert-alkyl or cyclic N) is 1. The first-order valence-electron chi connectivity index (χ1n) is 8.25. The molecule has 1 amide bonds. The van der Waals surface area contributed by atoms with Crippen molar-refractivity contribution in [3.63, 3.8) is 0 Å². The number of carbonyl (C=O) groups is 2. The van der Waals surface area contributed by atoms with Crippen molar-refractivity contribution in [1.29, 1.82) is 0 Å². The summed E-state index contributed by atoms with van der Waals surface area (Å²) in [6, 6.07) is 3.89. The monoisotopic (exact) mass is 361 g/mol. The maximum absolute atomic E-state index is 12.4. The van der Waals surface area contributed by atoms with Crippen LogP contribution in [0, 0.1) is 19.8 Å². The van der Waals surface area contributed by atoms with E-state index in [9.17, 15) is 9.90 Å². The summed E-state index contributed by atoms with van der Waals surface area (Å²) < 4.78 is 1.61. The quantitative estimate of drug-likeness (QED) is 0.738. The SMILES string of the molecule is Cc1nc(C)n(CC(=O)N2C[C@@H](Cc3ccncc3)[C@@H](O)C2)n1.O=CO. The number of carboxylic acid groups (broad SMARTS) is 1. The van der Waals surface area contributed by atoms with E-state index in [1.165, 1.54) is 0 Å². The van der Waals surface area contributed by atoms with E-state index < -0.39 is 6.10 Å². The molecule has 3 heterocycles. The number of likely N-dealkylation sites (tertiary alicyclic amines) is 1. The third-order valence-corrected chi connectivity index (χ3v) is 4.25. The molecule has 2 N–H and O–H groups in total. The molecule has 0 aromatic carbocycles. The lowest BCUT2D eigenvalue weighted by Crippen LogP contribution is -2.33. The lowest BCUT2D eigenvalue weighted by Gasteiger charge is -2.16. The Morgan fingerprint density at radius 1 is 1.31 bits per heavy atom. The predicted molar refractivity (Wildman–Crippen MR) is 92.2 cm³/mol. The molecular formula is C17H23N5O4. The Morgan fingerprint density at radius 2 is 1.96 bits per heavy atom. The van der Waals surface area contributed by atoms with Gasteiger partial charge in [0.15, 0.2) is 0 Å². The Bertz CT molecular complexity index is 734. The van der Waals surface area contributed by atoms with E-state index >= 15 is 0 Å². The highest BCUT2D eigenvalue weighted by molar-refractivity contribution is 5.76. The molecular weight excluding hydrogens is 338 g/mol. The van der Waals surface area contributed by atoms with E-state index in [0.29, 0.717) is 18.9 Å². The van der Waals surface area contributed by atoms with Crippen molar-refractivity contribution >= 4 is 12.4 Å². The Hall–Kier alpha value is -2.81. The highest BCUT2D eigenvalue weighted by Gasteiger charge is 2.34. The van der Waals surface area contributed by atoms with Gasteiger partial charge in [0, 0.05) is 31.4 Å². The maximum Gasteiger partial charge on any atom is 0.290 e. The van der Waals surface area contributed by atoms with Crippen LogP contribution in [0.4, 0.5) is 0 Å². The van der Waals surface area contributed by atoms with Gasteiger partial charge in [-0.15, -0.1) is 0 Å². The molecule has 2 aromatic heterocycles. The Labute approximate surface area is 151 Å². The number of amides is 1. The molecule has 3 rings (SSSR count). The molecule has 2 aromatic rings. The molecule has 1 saturated heterocycles. The molecule has 1 aliphatic rings. The van der Waals surface area contributed by atoms with Crippen molar-refractivity contribution in [1.82, 2.24) is 24.6 Å². The molecule has 1 fully saturated rings. The number of aliphatic hydroxyl groups excluding tert-OH is 1. The van der Waals surface area contributed by atoms with Crippen LogP contribution in [0.25, 0.3) is 0 Å². The smallest absolute Gasteiger partial charge is 0.290 e. The van der Waals surface area contributed by atoms with E-state index in [1.54, 1.807) is 28.9 Å². The standard InChI is InChI=1S/C16H21N5O2.CH2O2/c1-11-18-12(2)21(19-11)10-16(23)20-8-14(15(22)9-20)7-13-3-5-17-6-4-13;2-1-3/h3-6,14-15,22H,7-10H2,1-2H3;1H,(H,2,3)/t14-,15+;/m1./s1. The number of aryl methyl sites for hydroxylation is 2. The van der Waals surface area contributed by atoms with Gasteiger partial charge in [-0.1, -0.05) is 0 Å². The number of hydrogen-bond acceptors (Lipinski definition) is 6. The van der Waals surface area contributed by atoms with Gasteiger partial charge in [-0.25, -0.2) is 9.67 Å². The summed E-state index contributed by atoms with van der Waals surface area (Å²) in [5.41, 5.74) is 1.13. The fourth-order valence-corrected chi connectivity index (χ4v) is 3.02. The van der Waals surface area contributed by atoms with Gasteiger partial charge >= 0.3 is 0 Å². The average Bonchev–Trinajstić information content (AvgIpc) is 3.11. The normalized spacial score (nSPS) is 19.0. The Morgan fingerprint density at radius 3 is 2.54 bits per heavy atom. The number of aliphatic hydroxyl groups is 1. The second-order valence-electron chi connectivity index (χ2n) is 6.16. The van der Waals surface area contributed by atoms with Crippen molar-refractivity contribution in [2.75, 3.05) is 13.1 Å². The van der Waals surface area contributed by atoms with Crippen molar-refractivity contribution in [2.45, 2.75) is 32.9 Å². The van der Waals surface area contributed by atoms with Crippen LogP contribution in [0.3, 0.4) is 0 Å². The van der Waals surface area contributed by atoms with Gasteiger partial charge in [0.1, 0.15) is 18.2 Å². The number of pyridine rings is 1. The van der Waals surface area contributed by atoms with Crippen molar-refractivity contribution in [3.8, 4) is 0 Å². The number of aromatic nitrogens is 4. The van der Waals surface area contributed by atoms with Crippen LogP contribution in [-0.4, -0.2) is 66.4 Å². The van der Waals surface area contributed by atoms with Gasteiger partial charge < -0.3 is 15.1 Å². The number of nitrogens with zero attached hydrogens (tertiary/aromatic N) is 5. The summed E-state index contributed by atoms with van der Waals surface area (Å²) in [6.45, 7) is 4.49. The van der Waals surface area contributed by atoms with Crippen LogP contribution >= 0.6 is 0 Å². The predicted octanol–water partition coefficient (Wildman–Crippen LogP) is 0.0527. The van der Waals surface area contributed by atoms with E-state index in [0.717, 1.165) is 17.8 Å². The van der Waals surface area contributed by atoms with Crippen LogP contribution in [0.2, 0.25) is 0 Å². The molecule has 0 radical (unpaired) electrons. The zero-order valence-electron chi connectivity index (χ0n) is 14.8. The van der Waals surface area contributed by atoms with Gasteiger partial charge in [0.2, 0.25) is 5.91 Å². The lowest BCUT2D eigenvalue weighted by molar-refractivity contribution is -0.131. The van der Waals surface area contributed by atoms with Gasteiger partial charge in [-0.05, 0) is 38.0 Å². The number of hydrogen-bond donors (Lipinski definition) is 2. The van der Waals surface area contributed by atoms with Crippen LogP contribution in [0.1, 0.15) is 17.2 Å². The molecule has 9 nitrogen and oxygen atoms in total. The van der Waals surface area contributed by atoms with Crippen LogP contribution < -0.4 is 0 Å². The first-order valence-corrected chi connectivity index (χ1v) is 8.25. The lowest BCUT2D eigenvalue weighted by atomic mass is 9.97. The number of rotatable bonds is 4. The topological polar surface area (TPSA) is 121 Å². The highest BCUT2D eigenvalue weighted by atomic mass is 16.3. The molecule has 0 unspecified atom stereocenters. The maximum atomic E-state index is 12.4. The average molecular weight is 361 g/mol. The van der Waals surface area contributed by atoms with Crippen molar-refractivity contribution in [3.05, 3.63) is 41.7 Å². The minimum Gasteiger partial charge on any atom is -0.483 e. The fourth-order valence-electron chi connectivity index (χ4n) is 3.02.